The Labute approximate surface area is 149 Å². The molecule has 0 aromatic rings. The Balaban J connectivity index is 1.29. The Hall–Kier alpha value is -0.0800. The Morgan fingerprint density at radius 1 is 0.958 bits per heavy atom. The molecule has 2 aliphatic carbocycles. The Bertz CT molecular complexity index is 439. The molecule has 1 N–H and O–H groups in total. The molecule has 4 fully saturated rings. The zero-order valence-corrected chi connectivity index (χ0v) is 16.5. The summed E-state index contributed by atoms with van der Waals surface area (Å²) in [6.45, 7) is 11.0. The van der Waals surface area contributed by atoms with Crippen LogP contribution in [0.1, 0.15) is 91.9 Å². The van der Waals surface area contributed by atoms with Crippen molar-refractivity contribution in [2.24, 2.45) is 23.2 Å². The first kappa shape index (κ1) is 17.3. The molecule has 2 aliphatic heterocycles. The summed E-state index contributed by atoms with van der Waals surface area (Å²) in [5.41, 5.74) is 1.19. The maximum atomic E-state index is 6.69. The molecular formula is C22H39NO. The van der Waals surface area contributed by atoms with Crippen molar-refractivity contribution >= 4 is 0 Å². The second-order valence-electron chi connectivity index (χ2n) is 10.6. The van der Waals surface area contributed by atoms with E-state index in [0.717, 1.165) is 17.8 Å². The molecule has 1 unspecified atom stereocenters. The second kappa shape index (κ2) is 5.98. The fourth-order valence-corrected chi connectivity index (χ4v) is 6.28. The van der Waals surface area contributed by atoms with Crippen LogP contribution in [0.25, 0.3) is 0 Å². The van der Waals surface area contributed by atoms with Crippen LogP contribution in [-0.4, -0.2) is 23.8 Å². The first-order valence-electron chi connectivity index (χ1n) is 10.8. The van der Waals surface area contributed by atoms with Crippen LogP contribution in [0.2, 0.25) is 0 Å². The summed E-state index contributed by atoms with van der Waals surface area (Å²) >= 11 is 0. The SMILES string of the molecule is CC(C)C1CCC2(CC1)CC(C(C)(C)C1CCC3(CCN3)CC1)O2. The highest BCUT2D eigenvalue weighted by Gasteiger charge is 2.55. The largest absolute Gasteiger partial charge is 0.371 e. The van der Waals surface area contributed by atoms with Gasteiger partial charge in [-0.1, -0.05) is 27.7 Å². The van der Waals surface area contributed by atoms with Crippen molar-refractivity contribution in [3.05, 3.63) is 0 Å². The molecular weight excluding hydrogens is 294 g/mol. The number of rotatable bonds is 3. The van der Waals surface area contributed by atoms with Crippen LogP contribution in [-0.2, 0) is 4.74 Å². The van der Waals surface area contributed by atoms with Gasteiger partial charge in [-0.15, -0.1) is 0 Å². The lowest BCUT2D eigenvalue weighted by Gasteiger charge is -2.59. The average Bonchev–Trinajstić information content (AvgIpc) is 2.51. The van der Waals surface area contributed by atoms with E-state index in [4.69, 9.17) is 4.74 Å². The van der Waals surface area contributed by atoms with Gasteiger partial charge in [0.1, 0.15) is 0 Å². The third kappa shape index (κ3) is 2.86. The topological polar surface area (TPSA) is 21.3 Å². The normalized spacial score (nSPS) is 46.1. The van der Waals surface area contributed by atoms with Crippen LogP contribution < -0.4 is 5.32 Å². The Morgan fingerprint density at radius 2 is 1.54 bits per heavy atom. The predicted octanol–water partition coefficient (Wildman–Crippen LogP) is 5.31. The monoisotopic (exact) mass is 333 g/mol. The molecule has 0 aromatic heterocycles. The average molecular weight is 334 g/mol. The van der Waals surface area contributed by atoms with Crippen LogP contribution in [0.3, 0.4) is 0 Å². The van der Waals surface area contributed by atoms with Crippen molar-refractivity contribution in [3.8, 4) is 0 Å². The van der Waals surface area contributed by atoms with E-state index in [-0.39, 0.29) is 5.60 Å². The first-order valence-corrected chi connectivity index (χ1v) is 10.8. The second-order valence-corrected chi connectivity index (χ2v) is 10.6. The molecule has 24 heavy (non-hydrogen) atoms. The molecule has 138 valence electrons. The lowest BCUT2D eigenvalue weighted by atomic mass is 9.58. The summed E-state index contributed by atoms with van der Waals surface area (Å²) in [4.78, 5) is 0. The van der Waals surface area contributed by atoms with Gasteiger partial charge in [-0.3, -0.25) is 0 Å². The summed E-state index contributed by atoms with van der Waals surface area (Å²) in [7, 11) is 0. The van der Waals surface area contributed by atoms with Gasteiger partial charge >= 0.3 is 0 Å². The molecule has 4 rings (SSSR count). The molecule has 0 amide bonds. The molecule has 0 radical (unpaired) electrons. The standard InChI is InChI=1S/C22H39NO/c1-16(2)17-5-11-22(12-6-17)15-19(24-22)20(3,4)18-7-9-21(10-8-18)13-14-23-21/h16-19,23H,5-15H2,1-4H3. The lowest BCUT2D eigenvalue weighted by Crippen LogP contribution is -2.62. The van der Waals surface area contributed by atoms with Gasteiger partial charge in [0.15, 0.2) is 0 Å². The van der Waals surface area contributed by atoms with E-state index in [1.54, 1.807) is 0 Å². The molecule has 2 heterocycles. The molecule has 2 heteroatoms. The van der Waals surface area contributed by atoms with E-state index in [1.807, 2.05) is 0 Å². The van der Waals surface area contributed by atoms with Gasteiger partial charge in [0.05, 0.1) is 11.7 Å². The van der Waals surface area contributed by atoms with Gasteiger partial charge in [-0.2, -0.15) is 0 Å². The first-order chi connectivity index (χ1) is 11.3. The summed E-state index contributed by atoms with van der Waals surface area (Å²) in [5.74, 6) is 2.65. The minimum absolute atomic E-state index is 0.277. The van der Waals surface area contributed by atoms with Crippen molar-refractivity contribution < 1.29 is 4.74 Å². The van der Waals surface area contributed by atoms with Crippen LogP contribution in [0, 0.1) is 23.2 Å². The summed E-state index contributed by atoms with van der Waals surface area (Å²) in [6, 6.07) is 0. The van der Waals surface area contributed by atoms with E-state index in [1.165, 1.54) is 70.8 Å². The van der Waals surface area contributed by atoms with Crippen LogP contribution >= 0.6 is 0 Å². The van der Waals surface area contributed by atoms with E-state index < -0.39 is 0 Å². The third-order valence-corrected chi connectivity index (χ3v) is 8.76. The van der Waals surface area contributed by atoms with Gasteiger partial charge in [0.2, 0.25) is 0 Å². The maximum Gasteiger partial charge on any atom is 0.0711 e. The molecule has 4 aliphatic rings. The quantitative estimate of drug-likeness (QED) is 0.756. The molecule has 1 atom stereocenters. The highest BCUT2D eigenvalue weighted by molar-refractivity contribution is 5.06. The molecule has 0 aromatic carbocycles. The number of nitrogens with one attached hydrogen (secondary N) is 1. The molecule has 2 saturated heterocycles. The number of ether oxygens (including phenoxy) is 1. The van der Waals surface area contributed by atoms with Gasteiger partial charge < -0.3 is 10.1 Å². The zero-order valence-electron chi connectivity index (χ0n) is 16.5. The highest BCUT2D eigenvalue weighted by Crippen LogP contribution is 2.55. The summed E-state index contributed by atoms with van der Waals surface area (Å²) in [6.07, 6.45) is 14.3. The number of hydrogen-bond donors (Lipinski definition) is 1. The van der Waals surface area contributed by atoms with E-state index >= 15 is 0 Å². The van der Waals surface area contributed by atoms with Gasteiger partial charge in [-0.25, -0.2) is 0 Å². The minimum Gasteiger partial charge on any atom is -0.371 e. The van der Waals surface area contributed by atoms with Crippen LogP contribution in [0.4, 0.5) is 0 Å². The Morgan fingerprint density at radius 3 is 2.00 bits per heavy atom. The van der Waals surface area contributed by atoms with Crippen LogP contribution in [0.5, 0.6) is 0 Å². The summed E-state index contributed by atoms with van der Waals surface area (Å²) < 4.78 is 6.69. The fraction of sp³-hybridized carbons (Fsp3) is 1.00. The van der Waals surface area contributed by atoms with Crippen molar-refractivity contribution in [1.29, 1.82) is 0 Å². The van der Waals surface area contributed by atoms with Crippen LogP contribution in [0.15, 0.2) is 0 Å². The van der Waals surface area contributed by atoms with E-state index in [9.17, 15) is 0 Å². The number of hydrogen-bond acceptors (Lipinski definition) is 2. The zero-order chi connectivity index (χ0) is 17.0. The minimum atomic E-state index is 0.277. The molecule has 2 saturated carbocycles. The van der Waals surface area contributed by atoms with Crippen molar-refractivity contribution in [2.45, 2.75) is 109 Å². The predicted molar refractivity (Wildman–Crippen MR) is 100 cm³/mol. The van der Waals surface area contributed by atoms with Gasteiger partial charge in [0.25, 0.3) is 0 Å². The molecule has 2 spiro atoms. The van der Waals surface area contributed by atoms with Gasteiger partial charge in [-0.05, 0) is 87.5 Å². The summed E-state index contributed by atoms with van der Waals surface area (Å²) in [5, 5.41) is 3.72. The maximum absolute atomic E-state index is 6.69. The Kier molecular flexibility index (Phi) is 4.32. The fourth-order valence-electron chi connectivity index (χ4n) is 6.28. The van der Waals surface area contributed by atoms with Crippen molar-refractivity contribution in [1.82, 2.24) is 5.32 Å². The van der Waals surface area contributed by atoms with Crippen molar-refractivity contribution in [2.75, 3.05) is 6.54 Å². The van der Waals surface area contributed by atoms with Gasteiger partial charge in [0, 0.05) is 12.0 Å². The lowest BCUT2D eigenvalue weighted by molar-refractivity contribution is -0.268. The third-order valence-electron chi connectivity index (χ3n) is 8.76. The van der Waals surface area contributed by atoms with E-state index in [0.29, 0.717) is 17.1 Å². The smallest absolute Gasteiger partial charge is 0.0711 e. The van der Waals surface area contributed by atoms with E-state index in [2.05, 4.69) is 33.0 Å². The molecule has 2 nitrogen and oxygen atoms in total. The van der Waals surface area contributed by atoms with Crippen molar-refractivity contribution in [3.63, 3.8) is 0 Å². The highest BCUT2D eigenvalue weighted by atomic mass is 16.5. The molecule has 0 bridgehead atoms.